The molecule has 0 aliphatic heterocycles. The summed E-state index contributed by atoms with van der Waals surface area (Å²) in [5, 5.41) is 10.0. The fourth-order valence-corrected chi connectivity index (χ4v) is 6.73. The van der Waals surface area contributed by atoms with E-state index in [-0.39, 0.29) is 0 Å². The summed E-state index contributed by atoms with van der Waals surface area (Å²) in [6.07, 6.45) is 0. The van der Waals surface area contributed by atoms with Crippen LogP contribution < -0.4 is 10.4 Å². The lowest BCUT2D eigenvalue weighted by atomic mass is 9.85. The van der Waals surface area contributed by atoms with Crippen molar-refractivity contribution in [3.8, 4) is 0 Å². The van der Waals surface area contributed by atoms with Gasteiger partial charge in [0.25, 0.3) is 0 Å². The van der Waals surface area contributed by atoms with E-state index in [0.29, 0.717) is 0 Å². The Hall–Kier alpha value is -5.72. The van der Waals surface area contributed by atoms with E-state index in [1.54, 1.807) is 0 Å². The van der Waals surface area contributed by atoms with Crippen molar-refractivity contribution in [1.29, 1.82) is 0 Å². The molecule has 0 amide bonds. The highest BCUT2D eigenvalue weighted by atomic mass is 14.2. The first-order valence-corrected chi connectivity index (χ1v) is 15.2. The first-order valence-electron chi connectivity index (χ1n) is 15.2. The fraction of sp³-hybridized carbons (Fsp3) is 0. The van der Waals surface area contributed by atoms with Crippen molar-refractivity contribution in [2.45, 2.75) is 0 Å². The second-order valence-electron chi connectivity index (χ2n) is 11.3. The molecule has 0 aliphatic carbocycles. The van der Waals surface area contributed by atoms with Crippen molar-refractivity contribution in [3.63, 3.8) is 0 Å². The molecular formula is C44H30. The highest BCUT2D eigenvalue weighted by Crippen LogP contribution is 2.29. The van der Waals surface area contributed by atoms with Gasteiger partial charge in [0.05, 0.1) is 0 Å². The minimum atomic E-state index is 1.21. The van der Waals surface area contributed by atoms with Crippen LogP contribution in [0.2, 0.25) is 0 Å². The molecule has 0 heterocycles. The largest absolute Gasteiger partial charge is 0.0622 e. The molecule has 0 bridgehead atoms. The average molecular weight is 559 g/mol. The van der Waals surface area contributed by atoms with Crippen LogP contribution in [-0.4, -0.2) is 0 Å². The normalized spacial score (nSPS) is 11.2. The summed E-state index contributed by atoms with van der Waals surface area (Å²) in [6, 6.07) is 66.0. The van der Waals surface area contributed by atoms with Gasteiger partial charge in [-0.15, -0.1) is 0 Å². The predicted octanol–water partition coefficient (Wildman–Crippen LogP) is 9.64. The van der Waals surface area contributed by atoms with E-state index < -0.39 is 0 Å². The Bertz CT molecular complexity index is 2130. The van der Waals surface area contributed by atoms with Gasteiger partial charge in [0.2, 0.25) is 0 Å². The number of fused-ring (bicyclic) bond motifs is 3. The van der Waals surface area contributed by atoms with E-state index in [1.165, 1.54) is 76.2 Å². The standard InChI is InChI=1S/C44H30/c1-5-17-31(18-6-1)41(32-19-7-2-8-20-32)43-37-27-15-16-28-38(37)44(40-30-36-26-14-13-25-35(36)29-39(40)43)42(33-21-9-3-10-22-33)34-23-11-4-12-24-34/h1-30H. The summed E-state index contributed by atoms with van der Waals surface area (Å²) in [4.78, 5) is 0. The van der Waals surface area contributed by atoms with Gasteiger partial charge in [-0.05, 0) is 88.3 Å². The maximum Gasteiger partial charge on any atom is -0.00141 e. The topological polar surface area (TPSA) is 0 Å². The summed E-state index contributed by atoms with van der Waals surface area (Å²) >= 11 is 0. The molecule has 0 radical (unpaired) electrons. The monoisotopic (exact) mass is 558 g/mol. The van der Waals surface area contributed by atoms with E-state index in [2.05, 4.69) is 182 Å². The van der Waals surface area contributed by atoms with Gasteiger partial charge in [0.1, 0.15) is 0 Å². The molecule has 0 saturated carbocycles. The highest BCUT2D eigenvalue weighted by molar-refractivity contribution is 6.10. The van der Waals surface area contributed by atoms with Gasteiger partial charge in [-0.3, -0.25) is 0 Å². The predicted molar refractivity (Wildman–Crippen MR) is 187 cm³/mol. The molecule has 0 N–H and O–H groups in total. The Labute approximate surface area is 257 Å². The highest BCUT2D eigenvalue weighted by Gasteiger charge is 2.17. The van der Waals surface area contributed by atoms with E-state index in [4.69, 9.17) is 0 Å². The van der Waals surface area contributed by atoms with Crippen LogP contribution in [0.1, 0.15) is 22.3 Å². The lowest BCUT2D eigenvalue weighted by Gasteiger charge is -2.18. The van der Waals surface area contributed by atoms with Crippen LogP contribution in [0.15, 0.2) is 182 Å². The van der Waals surface area contributed by atoms with E-state index >= 15 is 0 Å². The summed E-state index contributed by atoms with van der Waals surface area (Å²) in [6.45, 7) is 0. The molecule has 206 valence electrons. The number of hydrogen-bond donors (Lipinski definition) is 0. The van der Waals surface area contributed by atoms with Crippen LogP contribution in [0.4, 0.5) is 0 Å². The zero-order chi connectivity index (χ0) is 29.3. The van der Waals surface area contributed by atoms with Gasteiger partial charge in [-0.1, -0.05) is 170 Å². The van der Waals surface area contributed by atoms with Crippen molar-refractivity contribution in [3.05, 3.63) is 215 Å². The van der Waals surface area contributed by atoms with Gasteiger partial charge >= 0.3 is 0 Å². The summed E-state index contributed by atoms with van der Waals surface area (Å²) < 4.78 is 0. The van der Waals surface area contributed by atoms with Gasteiger partial charge < -0.3 is 0 Å². The van der Waals surface area contributed by atoms with Gasteiger partial charge in [-0.25, -0.2) is 0 Å². The van der Waals surface area contributed by atoms with Crippen molar-refractivity contribution in [2.75, 3.05) is 0 Å². The smallest absolute Gasteiger partial charge is 0.00141 e. The summed E-state index contributed by atoms with van der Waals surface area (Å²) in [5.41, 5.74) is 7.33. The Balaban J connectivity index is 1.74. The SMILES string of the molecule is c1ccc(C(c2ccccc2)=c2c3ccccc3c(=C(c3ccccc3)c3ccccc3)c3cc4ccccc4cc23)cc1. The molecule has 0 atom stereocenters. The molecule has 8 aromatic carbocycles. The van der Waals surface area contributed by atoms with Crippen LogP contribution in [0.5, 0.6) is 0 Å². The fourth-order valence-electron chi connectivity index (χ4n) is 6.73. The molecule has 0 unspecified atom stereocenters. The number of benzene rings is 8. The van der Waals surface area contributed by atoms with Gasteiger partial charge in [-0.2, -0.15) is 0 Å². The minimum absolute atomic E-state index is 1.21. The van der Waals surface area contributed by atoms with E-state index in [1.807, 2.05) is 0 Å². The first-order chi connectivity index (χ1) is 21.9. The lowest BCUT2D eigenvalue weighted by Crippen LogP contribution is -2.21. The van der Waals surface area contributed by atoms with Crippen molar-refractivity contribution in [1.82, 2.24) is 0 Å². The van der Waals surface area contributed by atoms with Gasteiger partial charge in [0, 0.05) is 0 Å². The van der Waals surface area contributed by atoms with Crippen LogP contribution in [0.3, 0.4) is 0 Å². The van der Waals surface area contributed by atoms with Gasteiger partial charge in [0.15, 0.2) is 0 Å². The molecular weight excluding hydrogens is 528 g/mol. The van der Waals surface area contributed by atoms with Crippen molar-refractivity contribution >= 4 is 43.5 Å². The van der Waals surface area contributed by atoms with E-state index in [0.717, 1.165) is 0 Å². The molecule has 0 saturated heterocycles. The molecule has 0 nitrogen and oxygen atoms in total. The Morgan fingerprint density at radius 1 is 0.250 bits per heavy atom. The molecule has 44 heavy (non-hydrogen) atoms. The third-order valence-electron chi connectivity index (χ3n) is 8.64. The van der Waals surface area contributed by atoms with Crippen molar-refractivity contribution in [2.24, 2.45) is 0 Å². The Morgan fingerprint density at radius 2 is 0.523 bits per heavy atom. The van der Waals surface area contributed by atoms with Crippen LogP contribution in [0.25, 0.3) is 43.5 Å². The lowest BCUT2D eigenvalue weighted by molar-refractivity contribution is 1.51. The second-order valence-corrected chi connectivity index (χ2v) is 11.3. The van der Waals surface area contributed by atoms with E-state index in [9.17, 15) is 0 Å². The zero-order valence-corrected chi connectivity index (χ0v) is 24.3. The molecule has 0 aliphatic rings. The number of hydrogen-bond acceptors (Lipinski definition) is 0. The number of rotatable bonds is 4. The molecule has 0 fully saturated rings. The minimum Gasteiger partial charge on any atom is -0.0622 e. The molecule has 0 aromatic heterocycles. The molecule has 0 spiro atoms. The van der Waals surface area contributed by atoms with Crippen LogP contribution in [0, 0.1) is 0 Å². The summed E-state index contributed by atoms with van der Waals surface area (Å²) in [7, 11) is 0. The third kappa shape index (κ3) is 4.49. The van der Waals surface area contributed by atoms with Crippen LogP contribution >= 0.6 is 0 Å². The Morgan fingerprint density at radius 3 is 0.841 bits per heavy atom. The average Bonchev–Trinajstić information content (AvgIpc) is 3.10. The molecule has 8 aromatic rings. The third-order valence-corrected chi connectivity index (χ3v) is 8.64. The second kappa shape index (κ2) is 11.2. The maximum absolute atomic E-state index is 2.41. The molecule has 8 rings (SSSR count). The van der Waals surface area contributed by atoms with Crippen LogP contribution in [-0.2, 0) is 0 Å². The van der Waals surface area contributed by atoms with Crippen molar-refractivity contribution < 1.29 is 0 Å². The summed E-state index contributed by atoms with van der Waals surface area (Å²) in [5.74, 6) is 0. The first kappa shape index (κ1) is 25.9. The maximum atomic E-state index is 2.41. The zero-order valence-electron chi connectivity index (χ0n) is 24.3. The Kier molecular flexibility index (Phi) is 6.59. The quantitative estimate of drug-likeness (QED) is 0.189. The molecule has 0 heteroatoms.